The van der Waals surface area contributed by atoms with Crippen molar-refractivity contribution in [2.24, 2.45) is 0 Å². The lowest BCUT2D eigenvalue weighted by molar-refractivity contribution is 0.254. The van der Waals surface area contributed by atoms with E-state index in [1.807, 2.05) is 35.0 Å². The van der Waals surface area contributed by atoms with Crippen LogP contribution in [0, 0.1) is 0 Å². The lowest BCUT2D eigenvalue weighted by Gasteiger charge is -2.12. The number of anilines is 1. The average Bonchev–Trinajstić information content (AvgIpc) is 3.21. The molecule has 3 aromatic heterocycles. The molecule has 0 radical (unpaired) electrons. The van der Waals surface area contributed by atoms with Gasteiger partial charge in [-0.2, -0.15) is 0 Å². The van der Waals surface area contributed by atoms with Gasteiger partial charge in [0.05, 0.1) is 30.9 Å². The maximum atomic E-state index is 9.19. The zero-order valence-corrected chi connectivity index (χ0v) is 12.6. The smallest absolute Gasteiger partial charge is 0.145 e. The quantitative estimate of drug-likeness (QED) is 0.664. The van der Waals surface area contributed by atoms with E-state index in [0.717, 1.165) is 35.8 Å². The summed E-state index contributed by atoms with van der Waals surface area (Å²) < 4.78 is 1.99. The molecule has 7 heteroatoms. The molecular weight excluding hydrogens is 292 g/mol. The third-order valence-corrected chi connectivity index (χ3v) is 4.11. The maximum Gasteiger partial charge on any atom is 0.145 e. The van der Waals surface area contributed by atoms with Crippen molar-refractivity contribution >= 4 is 11.5 Å². The van der Waals surface area contributed by atoms with Crippen LogP contribution < -0.4 is 10.6 Å². The Bertz CT molecular complexity index is 817. The van der Waals surface area contributed by atoms with Crippen molar-refractivity contribution in [1.29, 1.82) is 0 Å². The van der Waals surface area contributed by atoms with Crippen molar-refractivity contribution in [2.75, 3.05) is 18.5 Å². The van der Waals surface area contributed by atoms with Crippen LogP contribution in [0.1, 0.15) is 6.42 Å². The van der Waals surface area contributed by atoms with Crippen molar-refractivity contribution in [2.45, 2.75) is 18.5 Å². The molecule has 7 nitrogen and oxygen atoms in total. The largest absolute Gasteiger partial charge is 0.395 e. The van der Waals surface area contributed by atoms with Gasteiger partial charge in [-0.05, 0) is 18.6 Å². The molecule has 4 rings (SSSR count). The van der Waals surface area contributed by atoms with E-state index in [1.54, 1.807) is 12.4 Å². The summed E-state index contributed by atoms with van der Waals surface area (Å²) in [5.41, 5.74) is 2.57. The number of aliphatic hydroxyl groups is 1. The minimum absolute atomic E-state index is 0.155. The molecule has 3 N–H and O–H groups in total. The van der Waals surface area contributed by atoms with Gasteiger partial charge < -0.3 is 15.7 Å². The van der Waals surface area contributed by atoms with E-state index >= 15 is 0 Å². The van der Waals surface area contributed by atoms with Crippen molar-refractivity contribution in [3.63, 3.8) is 0 Å². The van der Waals surface area contributed by atoms with Crippen LogP contribution in [0.3, 0.4) is 0 Å². The van der Waals surface area contributed by atoms with Crippen LogP contribution in [0.15, 0.2) is 43.0 Å². The number of hydrogen-bond donors (Lipinski definition) is 3. The normalized spacial score (nSPS) is 20.9. The Morgan fingerprint density at radius 3 is 3.13 bits per heavy atom. The number of imidazole rings is 1. The molecule has 0 aliphatic carbocycles. The van der Waals surface area contributed by atoms with Crippen LogP contribution in [0.5, 0.6) is 0 Å². The van der Waals surface area contributed by atoms with E-state index in [2.05, 4.69) is 25.6 Å². The topological polar surface area (TPSA) is 87.4 Å². The number of hydrogen-bond acceptors (Lipinski definition) is 6. The lowest BCUT2D eigenvalue weighted by atomic mass is 10.2. The van der Waals surface area contributed by atoms with Gasteiger partial charge in [0.15, 0.2) is 0 Å². The highest BCUT2D eigenvalue weighted by Gasteiger charge is 2.23. The first-order valence-corrected chi connectivity index (χ1v) is 7.69. The van der Waals surface area contributed by atoms with Gasteiger partial charge in [0.1, 0.15) is 17.2 Å². The molecule has 2 atom stereocenters. The lowest BCUT2D eigenvalue weighted by Crippen LogP contribution is -2.25. The summed E-state index contributed by atoms with van der Waals surface area (Å²) in [7, 11) is 0. The zero-order chi connectivity index (χ0) is 15.6. The highest BCUT2D eigenvalue weighted by atomic mass is 16.3. The number of rotatable bonds is 4. The van der Waals surface area contributed by atoms with E-state index in [0.29, 0.717) is 0 Å². The highest BCUT2D eigenvalue weighted by molar-refractivity contribution is 5.60. The van der Waals surface area contributed by atoms with Crippen LogP contribution in [0.2, 0.25) is 0 Å². The summed E-state index contributed by atoms with van der Waals surface area (Å²) >= 11 is 0. The first-order valence-electron chi connectivity index (χ1n) is 7.69. The van der Waals surface area contributed by atoms with E-state index in [-0.39, 0.29) is 18.7 Å². The van der Waals surface area contributed by atoms with Crippen LogP contribution in [-0.4, -0.2) is 49.7 Å². The number of aromatic nitrogens is 4. The Morgan fingerprint density at radius 1 is 1.30 bits per heavy atom. The molecule has 3 aromatic rings. The summed E-state index contributed by atoms with van der Waals surface area (Å²) in [5, 5.41) is 15.8. The van der Waals surface area contributed by atoms with E-state index < -0.39 is 0 Å². The first kappa shape index (κ1) is 14.1. The van der Waals surface area contributed by atoms with E-state index in [9.17, 15) is 5.11 Å². The second-order valence-corrected chi connectivity index (χ2v) is 5.73. The third-order valence-electron chi connectivity index (χ3n) is 4.11. The fraction of sp³-hybridized carbons (Fsp3) is 0.312. The molecule has 0 amide bonds. The van der Waals surface area contributed by atoms with Crippen LogP contribution in [-0.2, 0) is 0 Å². The predicted octanol–water partition coefficient (Wildman–Crippen LogP) is 0.926. The maximum absolute atomic E-state index is 9.19. The second-order valence-electron chi connectivity index (χ2n) is 5.73. The molecular formula is C16H18N6O. The van der Waals surface area contributed by atoms with Crippen LogP contribution in [0.25, 0.3) is 17.0 Å². The zero-order valence-electron chi connectivity index (χ0n) is 12.6. The highest BCUT2D eigenvalue weighted by Crippen LogP contribution is 2.20. The number of nitrogens with zero attached hydrogens (tertiary/aromatic N) is 4. The van der Waals surface area contributed by atoms with Gasteiger partial charge in [-0.15, -0.1) is 0 Å². The van der Waals surface area contributed by atoms with Gasteiger partial charge in [-0.3, -0.25) is 9.38 Å². The molecule has 23 heavy (non-hydrogen) atoms. The Hall–Kier alpha value is -2.51. The first-order chi connectivity index (χ1) is 11.3. The van der Waals surface area contributed by atoms with Crippen molar-refractivity contribution in [3.8, 4) is 11.4 Å². The Kier molecular flexibility index (Phi) is 3.64. The van der Waals surface area contributed by atoms with Gasteiger partial charge in [0.25, 0.3) is 0 Å². The minimum Gasteiger partial charge on any atom is -0.395 e. The molecule has 0 aromatic carbocycles. The fourth-order valence-electron chi connectivity index (χ4n) is 2.96. The summed E-state index contributed by atoms with van der Waals surface area (Å²) in [6.07, 6.45) is 8.11. The standard InChI is InChI=1S/C16H18N6O/c23-10-12-5-11(6-18-12)20-15-9-17-7-13(21-15)14-8-19-16-3-1-2-4-22(14)16/h1-4,7-9,11-12,18,23H,5-6,10H2,(H,20,21). The summed E-state index contributed by atoms with van der Waals surface area (Å²) in [6, 6.07) is 6.28. The number of aliphatic hydroxyl groups excluding tert-OH is 1. The molecule has 1 fully saturated rings. The van der Waals surface area contributed by atoms with Crippen molar-refractivity contribution < 1.29 is 5.11 Å². The van der Waals surface area contributed by atoms with Gasteiger partial charge in [0, 0.05) is 24.8 Å². The fourth-order valence-corrected chi connectivity index (χ4v) is 2.96. The van der Waals surface area contributed by atoms with E-state index in [1.165, 1.54) is 0 Å². The molecule has 118 valence electrons. The predicted molar refractivity (Wildman–Crippen MR) is 87.1 cm³/mol. The van der Waals surface area contributed by atoms with Crippen LogP contribution >= 0.6 is 0 Å². The molecule has 1 aliphatic heterocycles. The van der Waals surface area contributed by atoms with Gasteiger partial charge in [-0.1, -0.05) is 6.07 Å². The SMILES string of the molecule is OCC1CC(Nc2cncc(-c3cnc4ccccn34)n2)CN1. The molecule has 0 spiro atoms. The van der Waals surface area contributed by atoms with Crippen LogP contribution in [0.4, 0.5) is 5.82 Å². The average molecular weight is 310 g/mol. The minimum atomic E-state index is 0.155. The molecule has 1 saturated heterocycles. The molecule has 2 unspecified atom stereocenters. The van der Waals surface area contributed by atoms with Crippen molar-refractivity contribution in [1.82, 2.24) is 24.7 Å². The summed E-state index contributed by atoms with van der Waals surface area (Å²) in [6.45, 7) is 0.971. The van der Waals surface area contributed by atoms with Gasteiger partial charge in [-0.25, -0.2) is 9.97 Å². The third kappa shape index (κ3) is 2.76. The summed E-state index contributed by atoms with van der Waals surface area (Å²) in [5.74, 6) is 0.735. The molecule has 4 heterocycles. The number of fused-ring (bicyclic) bond motifs is 1. The summed E-state index contributed by atoms with van der Waals surface area (Å²) in [4.78, 5) is 13.3. The number of nitrogens with one attached hydrogen (secondary N) is 2. The number of pyridine rings is 1. The van der Waals surface area contributed by atoms with Gasteiger partial charge >= 0.3 is 0 Å². The Balaban J connectivity index is 1.59. The molecule has 0 bridgehead atoms. The molecule has 1 aliphatic rings. The van der Waals surface area contributed by atoms with Gasteiger partial charge in [0.2, 0.25) is 0 Å². The molecule has 0 saturated carbocycles. The van der Waals surface area contributed by atoms with Crippen molar-refractivity contribution in [3.05, 3.63) is 43.0 Å². The Labute approximate surface area is 133 Å². The van der Waals surface area contributed by atoms with E-state index in [4.69, 9.17) is 0 Å². The Morgan fingerprint density at radius 2 is 2.26 bits per heavy atom. The monoisotopic (exact) mass is 310 g/mol. The second kappa shape index (κ2) is 5.94.